The monoisotopic (exact) mass is 497 g/mol. The largest absolute Gasteiger partial charge is 0.435 e. The number of halogens is 5. The van der Waals surface area contributed by atoms with E-state index in [2.05, 4.69) is 4.98 Å². The van der Waals surface area contributed by atoms with Gasteiger partial charge in [-0.25, -0.2) is 9.88 Å². The normalized spacial score (nSPS) is 12.0. The number of imide groups is 1. The van der Waals surface area contributed by atoms with E-state index in [1.165, 1.54) is 6.92 Å². The predicted molar refractivity (Wildman–Crippen MR) is 111 cm³/mol. The number of aromatic nitrogens is 1. The average Bonchev–Trinajstić information content (AvgIpc) is 2.97. The topological polar surface area (TPSA) is 93.4 Å². The zero-order valence-electron chi connectivity index (χ0n) is 16.6. The Kier molecular flexibility index (Phi) is 7.03. The van der Waals surface area contributed by atoms with Crippen molar-refractivity contribution in [3.8, 4) is 0 Å². The molecule has 1 heterocycles. The van der Waals surface area contributed by atoms with Gasteiger partial charge in [0, 0.05) is 18.6 Å². The first-order valence-corrected chi connectivity index (χ1v) is 10.2. The number of carbonyl (C=O) groups is 2. The number of hydrogen-bond acceptors (Lipinski definition) is 6. The van der Waals surface area contributed by atoms with Crippen LogP contribution in [0, 0.1) is 22.5 Å². The van der Waals surface area contributed by atoms with Crippen LogP contribution in [0.3, 0.4) is 0 Å². The number of anilines is 1. The van der Waals surface area contributed by atoms with E-state index in [-0.39, 0.29) is 11.4 Å². The molecule has 1 aromatic carbocycles. The van der Waals surface area contributed by atoms with Crippen LogP contribution < -0.4 is 4.90 Å². The SMILES string of the molecule is Cc1nc(C(F)(F)F)c(C(=O)N(C(=O)CC(C)(C)C)c2c(Cl)cc([N+](=O)[O-])cc2Cl)s1. The van der Waals surface area contributed by atoms with Gasteiger partial charge in [-0.2, -0.15) is 13.2 Å². The van der Waals surface area contributed by atoms with E-state index in [1.54, 1.807) is 20.8 Å². The van der Waals surface area contributed by atoms with E-state index in [0.717, 1.165) is 12.1 Å². The van der Waals surface area contributed by atoms with Crippen molar-refractivity contribution in [1.82, 2.24) is 4.98 Å². The van der Waals surface area contributed by atoms with Crippen molar-refractivity contribution in [1.29, 1.82) is 0 Å². The zero-order valence-corrected chi connectivity index (χ0v) is 19.0. The summed E-state index contributed by atoms with van der Waals surface area (Å²) in [5.41, 5.74) is -3.04. The number of nitrogens with zero attached hydrogens (tertiary/aromatic N) is 3. The van der Waals surface area contributed by atoms with Gasteiger partial charge in [-0.15, -0.1) is 11.3 Å². The Morgan fingerprint density at radius 2 is 1.71 bits per heavy atom. The van der Waals surface area contributed by atoms with Crippen molar-refractivity contribution in [2.24, 2.45) is 5.41 Å². The van der Waals surface area contributed by atoms with E-state index in [1.807, 2.05) is 0 Å². The lowest BCUT2D eigenvalue weighted by Gasteiger charge is -2.26. The van der Waals surface area contributed by atoms with Crippen LogP contribution in [0.2, 0.25) is 10.0 Å². The lowest BCUT2D eigenvalue weighted by atomic mass is 9.91. The molecule has 1 aromatic heterocycles. The van der Waals surface area contributed by atoms with Gasteiger partial charge in [0.2, 0.25) is 5.91 Å². The first-order chi connectivity index (χ1) is 14.0. The van der Waals surface area contributed by atoms with Crippen LogP contribution in [0.5, 0.6) is 0 Å². The molecule has 0 aliphatic carbocycles. The summed E-state index contributed by atoms with van der Waals surface area (Å²) in [6, 6.07) is 1.71. The lowest BCUT2D eigenvalue weighted by Crippen LogP contribution is -2.39. The van der Waals surface area contributed by atoms with Crippen molar-refractivity contribution in [2.75, 3.05) is 4.90 Å². The molecule has 0 fully saturated rings. The maximum Gasteiger partial charge on any atom is 0.435 e. The molecule has 2 aromatic rings. The van der Waals surface area contributed by atoms with Gasteiger partial charge in [-0.3, -0.25) is 19.7 Å². The first-order valence-electron chi connectivity index (χ1n) is 8.58. The van der Waals surface area contributed by atoms with Crippen LogP contribution in [-0.2, 0) is 11.0 Å². The number of thiazole rings is 1. The van der Waals surface area contributed by atoms with Crippen LogP contribution in [-0.4, -0.2) is 21.7 Å². The van der Waals surface area contributed by atoms with Gasteiger partial charge in [0.15, 0.2) is 5.69 Å². The molecule has 168 valence electrons. The standard InChI is InChI=1S/C18H16Cl2F3N3O4S/c1-8-24-15(18(21,22)23)14(31-8)16(28)25(12(27)7-17(2,3)4)13-10(19)5-9(26(29)30)6-11(13)20/h5-6H,7H2,1-4H3. The molecule has 0 bridgehead atoms. The molecule has 2 rings (SSSR count). The zero-order chi connectivity index (χ0) is 23.9. The second-order valence-corrected chi connectivity index (χ2v) is 9.71. The third kappa shape index (κ3) is 5.72. The Hall–Kier alpha value is -2.24. The molecular weight excluding hydrogens is 482 g/mol. The third-order valence-electron chi connectivity index (χ3n) is 3.77. The number of benzene rings is 1. The number of non-ortho nitro benzene ring substituents is 1. The molecule has 0 saturated carbocycles. The molecule has 31 heavy (non-hydrogen) atoms. The van der Waals surface area contributed by atoms with E-state index >= 15 is 0 Å². The van der Waals surface area contributed by atoms with Crippen LogP contribution in [0.1, 0.15) is 47.6 Å². The molecule has 0 aliphatic heterocycles. The van der Waals surface area contributed by atoms with Gasteiger partial charge in [-0.05, 0) is 12.3 Å². The van der Waals surface area contributed by atoms with Crippen LogP contribution >= 0.6 is 34.5 Å². The molecule has 0 aliphatic rings. The Balaban J connectivity index is 2.74. The summed E-state index contributed by atoms with van der Waals surface area (Å²) in [6.45, 7) is 6.34. The van der Waals surface area contributed by atoms with Gasteiger partial charge in [0.05, 0.1) is 25.7 Å². The Morgan fingerprint density at radius 3 is 2.13 bits per heavy atom. The average molecular weight is 498 g/mol. The quantitative estimate of drug-likeness (QED) is 0.365. The summed E-state index contributed by atoms with van der Waals surface area (Å²) in [5, 5.41) is 10.1. The summed E-state index contributed by atoms with van der Waals surface area (Å²) >= 11 is 12.6. The number of carbonyl (C=O) groups excluding carboxylic acids is 2. The van der Waals surface area contributed by atoms with Gasteiger partial charge >= 0.3 is 6.18 Å². The Labute approximate surface area is 188 Å². The van der Waals surface area contributed by atoms with E-state index < -0.39 is 60.3 Å². The number of aryl methyl sites for hydroxylation is 1. The maximum absolute atomic E-state index is 13.4. The van der Waals surface area contributed by atoms with Crippen molar-refractivity contribution in [3.63, 3.8) is 0 Å². The highest BCUT2D eigenvalue weighted by Crippen LogP contribution is 2.41. The molecule has 0 atom stereocenters. The summed E-state index contributed by atoms with van der Waals surface area (Å²) in [4.78, 5) is 39.4. The minimum absolute atomic E-state index is 0.0419. The van der Waals surface area contributed by atoms with Crippen LogP contribution in [0.15, 0.2) is 12.1 Å². The minimum atomic E-state index is -4.95. The number of alkyl halides is 3. The minimum Gasteiger partial charge on any atom is -0.274 e. The molecule has 0 saturated heterocycles. The number of nitro groups is 1. The van der Waals surface area contributed by atoms with E-state index in [0.29, 0.717) is 16.2 Å². The molecule has 0 unspecified atom stereocenters. The van der Waals surface area contributed by atoms with E-state index in [9.17, 15) is 32.9 Å². The van der Waals surface area contributed by atoms with Crippen molar-refractivity contribution in [3.05, 3.63) is 47.9 Å². The summed E-state index contributed by atoms with van der Waals surface area (Å²) in [6.07, 6.45) is -5.20. The second-order valence-electron chi connectivity index (χ2n) is 7.70. The fourth-order valence-corrected chi connectivity index (χ4v) is 4.12. The first kappa shape index (κ1) is 25.0. The summed E-state index contributed by atoms with van der Waals surface area (Å²) in [7, 11) is 0. The Bertz CT molecular complexity index is 1040. The number of hydrogen-bond donors (Lipinski definition) is 0. The second kappa shape index (κ2) is 8.71. The summed E-state index contributed by atoms with van der Waals surface area (Å²) in [5.74, 6) is -2.21. The molecule has 13 heteroatoms. The number of nitro benzene ring substituents is 1. The van der Waals surface area contributed by atoms with Crippen LogP contribution in [0.25, 0.3) is 0 Å². The molecule has 0 radical (unpaired) electrons. The fraction of sp³-hybridized carbons (Fsp3) is 0.389. The number of amides is 2. The molecule has 7 nitrogen and oxygen atoms in total. The highest BCUT2D eigenvalue weighted by Gasteiger charge is 2.42. The highest BCUT2D eigenvalue weighted by atomic mass is 35.5. The highest BCUT2D eigenvalue weighted by molar-refractivity contribution is 7.14. The molecule has 0 N–H and O–H groups in total. The van der Waals surface area contributed by atoms with E-state index in [4.69, 9.17) is 23.2 Å². The van der Waals surface area contributed by atoms with Crippen molar-refractivity contribution >= 4 is 57.7 Å². The Morgan fingerprint density at radius 1 is 1.19 bits per heavy atom. The van der Waals surface area contributed by atoms with Crippen molar-refractivity contribution in [2.45, 2.75) is 40.3 Å². The lowest BCUT2D eigenvalue weighted by molar-refractivity contribution is -0.384. The van der Waals surface area contributed by atoms with Gasteiger partial charge in [0.1, 0.15) is 4.88 Å². The third-order valence-corrected chi connectivity index (χ3v) is 5.30. The van der Waals surface area contributed by atoms with Gasteiger partial charge in [0.25, 0.3) is 11.6 Å². The van der Waals surface area contributed by atoms with Crippen molar-refractivity contribution < 1.29 is 27.7 Å². The number of rotatable bonds is 4. The predicted octanol–water partition coefficient (Wildman–Crippen LogP) is 6.29. The molecular formula is C18H16Cl2F3N3O4S. The van der Waals surface area contributed by atoms with Gasteiger partial charge in [-0.1, -0.05) is 44.0 Å². The smallest absolute Gasteiger partial charge is 0.274 e. The summed E-state index contributed by atoms with van der Waals surface area (Å²) < 4.78 is 40.3. The molecule has 2 amide bonds. The van der Waals surface area contributed by atoms with Gasteiger partial charge < -0.3 is 0 Å². The fourth-order valence-electron chi connectivity index (χ4n) is 2.61. The van der Waals surface area contributed by atoms with Crippen LogP contribution in [0.4, 0.5) is 24.5 Å². The maximum atomic E-state index is 13.4. The molecule has 0 spiro atoms.